The van der Waals surface area contributed by atoms with Crippen molar-refractivity contribution in [1.29, 1.82) is 0 Å². The Kier molecular flexibility index (Phi) is 5.81. The van der Waals surface area contributed by atoms with Gasteiger partial charge < -0.3 is 10.2 Å². The SMILES string of the molecule is CCC(CC)(CN1CCCNC(C)(C)C1)SC. The maximum Gasteiger partial charge on any atom is 0.0279 e. The van der Waals surface area contributed by atoms with Crippen LogP contribution in [0, 0.1) is 0 Å². The molecule has 0 aromatic rings. The van der Waals surface area contributed by atoms with Gasteiger partial charge in [-0.15, -0.1) is 0 Å². The Labute approximate surface area is 112 Å². The van der Waals surface area contributed by atoms with Gasteiger partial charge >= 0.3 is 0 Å². The van der Waals surface area contributed by atoms with Gasteiger partial charge in [-0.2, -0.15) is 11.8 Å². The molecule has 0 aromatic carbocycles. The van der Waals surface area contributed by atoms with Crippen molar-refractivity contribution in [3.8, 4) is 0 Å². The van der Waals surface area contributed by atoms with Gasteiger partial charge in [0.1, 0.15) is 0 Å². The van der Waals surface area contributed by atoms with Crippen LogP contribution in [0.3, 0.4) is 0 Å². The molecule has 102 valence electrons. The first-order valence-corrected chi connectivity index (χ1v) is 8.22. The van der Waals surface area contributed by atoms with E-state index in [0.717, 1.165) is 6.54 Å². The van der Waals surface area contributed by atoms with Gasteiger partial charge in [0, 0.05) is 23.4 Å². The van der Waals surface area contributed by atoms with Gasteiger partial charge in [-0.3, -0.25) is 0 Å². The summed E-state index contributed by atoms with van der Waals surface area (Å²) in [7, 11) is 0. The third-order valence-corrected chi connectivity index (χ3v) is 5.68. The summed E-state index contributed by atoms with van der Waals surface area (Å²) in [4.78, 5) is 2.67. The summed E-state index contributed by atoms with van der Waals surface area (Å²) in [6, 6.07) is 0. The summed E-state index contributed by atoms with van der Waals surface area (Å²) in [5.41, 5.74) is 0.266. The van der Waals surface area contributed by atoms with Crippen LogP contribution in [0.5, 0.6) is 0 Å². The van der Waals surface area contributed by atoms with Crippen LogP contribution in [-0.4, -0.2) is 47.6 Å². The summed E-state index contributed by atoms with van der Waals surface area (Å²) in [6.07, 6.45) is 6.10. The molecule has 1 heterocycles. The molecule has 0 unspecified atom stereocenters. The fourth-order valence-electron chi connectivity index (χ4n) is 2.79. The minimum absolute atomic E-state index is 0.266. The Hall–Kier alpha value is 0.270. The Morgan fingerprint density at radius 3 is 2.47 bits per heavy atom. The van der Waals surface area contributed by atoms with E-state index in [1.165, 1.54) is 38.9 Å². The van der Waals surface area contributed by atoms with Gasteiger partial charge in [-0.25, -0.2) is 0 Å². The van der Waals surface area contributed by atoms with Gasteiger partial charge in [-0.05, 0) is 52.5 Å². The number of nitrogens with one attached hydrogen (secondary N) is 1. The van der Waals surface area contributed by atoms with Gasteiger partial charge in [0.2, 0.25) is 0 Å². The van der Waals surface area contributed by atoms with Crippen molar-refractivity contribution in [2.75, 3.05) is 32.4 Å². The van der Waals surface area contributed by atoms with E-state index < -0.39 is 0 Å². The fraction of sp³-hybridized carbons (Fsp3) is 1.00. The zero-order valence-corrected chi connectivity index (χ0v) is 13.1. The first-order valence-electron chi connectivity index (χ1n) is 6.99. The van der Waals surface area contributed by atoms with Crippen LogP contribution in [0.4, 0.5) is 0 Å². The molecule has 17 heavy (non-hydrogen) atoms. The summed E-state index contributed by atoms with van der Waals surface area (Å²) in [5.74, 6) is 0. The van der Waals surface area contributed by atoms with Crippen LogP contribution >= 0.6 is 11.8 Å². The van der Waals surface area contributed by atoms with E-state index in [-0.39, 0.29) is 5.54 Å². The van der Waals surface area contributed by atoms with E-state index in [4.69, 9.17) is 0 Å². The molecule has 1 fully saturated rings. The van der Waals surface area contributed by atoms with Crippen molar-refractivity contribution in [3.63, 3.8) is 0 Å². The average Bonchev–Trinajstić information content (AvgIpc) is 2.47. The number of hydrogen-bond donors (Lipinski definition) is 1. The van der Waals surface area contributed by atoms with E-state index in [9.17, 15) is 0 Å². The molecule has 1 aliphatic rings. The number of rotatable bonds is 5. The Balaban J connectivity index is 2.65. The third kappa shape index (κ3) is 4.46. The lowest BCUT2D eigenvalue weighted by Gasteiger charge is -2.38. The number of thioether (sulfide) groups is 1. The Morgan fingerprint density at radius 2 is 1.94 bits per heavy atom. The lowest BCUT2D eigenvalue weighted by atomic mass is 9.99. The third-order valence-electron chi connectivity index (χ3n) is 4.11. The zero-order valence-electron chi connectivity index (χ0n) is 12.3. The molecule has 0 atom stereocenters. The lowest BCUT2D eigenvalue weighted by Crippen LogP contribution is -2.49. The number of nitrogens with zero attached hydrogens (tertiary/aromatic N) is 1. The predicted octanol–water partition coefficient (Wildman–Crippen LogP) is 2.98. The molecule has 0 bridgehead atoms. The monoisotopic (exact) mass is 258 g/mol. The minimum atomic E-state index is 0.266. The molecule has 0 saturated carbocycles. The highest BCUT2D eigenvalue weighted by Crippen LogP contribution is 2.32. The van der Waals surface area contributed by atoms with Gasteiger partial charge in [0.25, 0.3) is 0 Å². The molecule has 1 saturated heterocycles. The second-order valence-electron chi connectivity index (χ2n) is 5.97. The molecular formula is C14H30N2S. The standard InChI is InChI=1S/C14H30N2S/c1-6-14(7-2,17-5)12-16-10-8-9-15-13(3,4)11-16/h15H,6-12H2,1-5H3. The van der Waals surface area contributed by atoms with Crippen LogP contribution in [0.1, 0.15) is 47.0 Å². The van der Waals surface area contributed by atoms with Crippen LogP contribution in [0.25, 0.3) is 0 Å². The molecular weight excluding hydrogens is 228 g/mol. The van der Waals surface area contributed by atoms with Crippen molar-refractivity contribution in [2.45, 2.75) is 57.2 Å². The minimum Gasteiger partial charge on any atom is -0.310 e. The van der Waals surface area contributed by atoms with E-state index >= 15 is 0 Å². The van der Waals surface area contributed by atoms with Crippen LogP contribution < -0.4 is 5.32 Å². The van der Waals surface area contributed by atoms with Crippen molar-refractivity contribution in [3.05, 3.63) is 0 Å². The molecule has 2 nitrogen and oxygen atoms in total. The predicted molar refractivity (Wildman–Crippen MR) is 80.0 cm³/mol. The highest BCUT2D eigenvalue weighted by molar-refractivity contribution is 8.00. The Morgan fingerprint density at radius 1 is 1.29 bits per heavy atom. The molecule has 1 N–H and O–H groups in total. The maximum absolute atomic E-state index is 3.64. The molecule has 0 aliphatic carbocycles. The Bertz CT molecular complexity index is 216. The molecule has 0 amide bonds. The largest absolute Gasteiger partial charge is 0.310 e. The van der Waals surface area contributed by atoms with Crippen molar-refractivity contribution in [1.82, 2.24) is 10.2 Å². The highest BCUT2D eigenvalue weighted by atomic mass is 32.2. The van der Waals surface area contributed by atoms with Gasteiger partial charge in [-0.1, -0.05) is 13.8 Å². The number of hydrogen-bond acceptors (Lipinski definition) is 3. The molecule has 1 rings (SSSR count). The lowest BCUT2D eigenvalue weighted by molar-refractivity contribution is 0.207. The molecule has 3 heteroatoms. The second-order valence-corrected chi connectivity index (χ2v) is 7.24. The molecule has 1 aliphatic heterocycles. The van der Waals surface area contributed by atoms with Gasteiger partial charge in [0.05, 0.1) is 0 Å². The van der Waals surface area contributed by atoms with Crippen molar-refractivity contribution in [2.24, 2.45) is 0 Å². The van der Waals surface area contributed by atoms with Crippen LogP contribution in [0.2, 0.25) is 0 Å². The van der Waals surface area contributed by atoms with Crippen LogP contribution in [-0.2, 0) is 0 Å². The van der Waals surface area contributed by atoms with E-state index in [1.54, 1.807) is 0 Å². The van der Waals surface area contributed by atoms with Crippen LogP contribution in [0.15, 0.2) is 0 Å². The molecule has 0 aromatic heterocycles. The average molecular weight is 258 g/mol. The normalized spacial score (nSPS) is 22.4. The summed E-state index contributed by atoms with van der Waals surface area (Å²) in [5, 5.41) is 3.64. The quantitative estimate of drug-likeness (QED) is 0.816. The first kappa shape index (κ1) is 15.3. The first-order chi connectivity index (χ1) is 7.97. The molecule has 0 spiro atoms. The molecule has 0 radical (unpaired) electrons. The van der Waals surface area contributed by atoms with E-state index in [2.05, 4.69) is 55.9 Å². The highest BCUT2D eigenvalue weighted by Gasteiger charge is 2.31. The smallest absolute Gasteiger partial charge is 0.0279 e. The van der Waals surface area contributed by atoms with E-state index in [1.807, 2.05) is 0 Å². The van der Waals surface area contributed by atoms with E-state index in [0.29, 0.717) is 4.75 Å². The topological polar surface area (TPSA) is 15.3 Å². The second kappa shape index (κ2) is 6.44. The fourth-order valence-corrected chi connectivity index (χ4v) is 3.68. The zero-order chi connectivity index (χ0) is 12.9. The summed E-state index contributed by atoms with van der Waals surface area (Å²) < 4.78 is 0.459. The summed E-state index contributed by atoms with van der Waals surface area (Å²) >= 11 is 2.06. The van der Waals surface area contributed by atoms with Gasteiger partial charge in [0.15, 0.2) is 0 Å². The van der Waals surface area contributed by atoms with Crippen molar-refractivity contribution >= 4 is 11.8 Å². The maximum atomic E-state index is 3.64. The summed E-state index contributed by atoms with van der Waals surface area (Å²) in [6.45, 7) is 14.1. The van der Waals surface area contributed by atoms with Crippen molar-refractivity contribution < 1.29 is 0 Å².